The van der Waals surface area contributed by atoms with Crippen LogP contribution in [0.1, 0.15) is 5.56 Å². The fourth-order valence-electron chi connectivity index (χ4n) is 2.35. The highest BCUT2D eigenvalue weighted by Crippen LogP contribution is 2.15. The summed E-state index contributed by atoms with van der Waals surface area (Å²) in [6.45, 7) is 3.71. The maximum atomic E-state index is 12.0. The summed E-state index contributed by atoms with van der Waals surface area (Å²) in [5.41, 5.74) is 1.43. The third-order valence-corrected chi connectivity index (χ3v) is 3.92. The molecule has 2 aliphatic heterocycles. The molecule has 22 heavy (non-hydrogen) atoms. The molecule has 0 bridgehead atoms. The minimum Gasteiger partial charge on any atom is -0.340 e. The zero-order chi connectivity index (χ0) is 14.8. The summed E-state index contributed by atoms with van der Waals surface area (Å²) in [5, 5.41) is 3.80. The molecule has 2 aliphatic rings. The topological polar surface area (TPSA) is 47.9 Å². The van der Waals surface area contributed by atoms with Crippen molar-refractivity contribution in [3.8, 4) is 0 Å². The van der Waals surface area contributed by atoms with Crippen LogP contribution in [0.3, 0.4) is 0 Å². The van der Waals surface area contributed by atoms with Crippen molar-refractivity contribution in [1.29, 1.82) is 0 Å². The number of aliphatic imine (C=N–C) groups is 1. The van der Waals surface area contributed by atoms with Gasteiger partial charge in [-0.05, 0) is 30.8 Å². The molecule has 118 valence electrons. The molecule has 1 amide bonds. The average Bonchev–Trinajstić information content (AvgIpc) is 2.83. The lowest BCUT2D eigenvalue weighted by Crippen LogP contribution is -2.49. The quantitative estimate of drug-likeness (QED) is 0.792. The monoisotopic (exact) mass is 340 g/mol. The van der Waals surface area contributed by atoms with Crippen molar-refractivity contribution in [3.05, 3.63) is 40.5 Å². The van der Waals surface area contributed by atoms with Crippen molar-refractivity contribution in [1.82, 2.24) is 15.1 Å². The second kappa shape index (κ2) is 7.13. The molecule has 0 radical (unpaired) electrons. The number of likely N-dealkylation sites (N-methyl/N-ethyl adjacent to an activating group) is 1. The first-order valence-electron chi connectivity index (χ1n) is 6.92. The standard InChI is InChI=1S/C15H17ClN4O.ClH/c1-19-6-8-20(9-7-19)15-17-13(14(21)18-15)10-11-2-4-12(16)5-3-11;/h2-5,10H,6-9H2,1H3,(H,17,18,21);1H/b13-10-;. The number of halogens is 2. The van der Waals surface area contributed by atoms with E-state index in [1.165, 1.54) is 0 Å². The minimum atomic E-state index is -0.223. The number of benzene rings is 1. The van der Waals surface area contributed by atoms with E-state index in [-0.39, 0.29) is 18.3 Å². The zero-order valence-corrected chi connectivity index (χ0v) is 13.8. The van der Waals surface area contributed by atoms with Crippen molar-refractivity contribution in [2.75, 3.05) is 33.2 Å². The Morgan fingerprint density at radius 3 is 2.45 bits per heavy atom. The van der Waals surface area contributed by atoms with Gasteiger partial charge in [0.1, 0.15) is 5.70 Å². The van der Waals surface area contributed by atoms with Crippen LogP contribution < -0.4 is 5.32 Å². The highest BCUT2D eigenvalue weighted by molar-refractivity contribution is 6.30. The van der Waals surface area contributed by atoms with Gasteiger partial charge in [-0.2, -0.15) is 4.99 Å². The first kappa shape index (κ1) is 16.8. The second-order valence-electron chi connectivity index (χ2n) is 5.27. The molecule has 1 aromatic rings. The Morgan fingerprint density at radius 1 is 1.18 bits per heavy atom. The average molecular weight is 341 g/mol. The smallest absolute Gasteiger partial charge is 0.296 e. The van der Waals surface area contributed by atoms with E-state index in [4.69, 9.17) is 11.6 Å². The van der Waals surface area contributed by atoms with Crippen LogP contribution in [0, 0.1) is 0 Å². The second-order valence-corrected chi connectivity index (χ2v) is 5.70. The predicted octanol–water partition coefficient (Wildman–Crippen LogP) is 1.84. The zero-order valence-electron chi connectivity index (χ0n) is 12.3. The largest absolute Gasteiger partial charge is 0.340 e. The van der Waals surface area contributed by atoms with Crippen LogP contribution in [-0.2, 0) is 4.79 Å². The molecular weight excluding hydrogens is 323 g/mol. The van der Waals surface area contributed by atoms with E-state index in [9.17, 15) is 4.79 Å². The Labute approximate surface area is 141 Å². The Hall–Kier alpha value is -1.56. The van der Waals surface area contributed by atoms with E-state index in [1.807, 2.05) is 12.1 Å². The number of amides is 1. The van der Waals surface area contributed by atoms with Crippen LogP contribution in [0.4, 0.5) is 0 Å². The lowest BCUT2D eigenvalue weighted by Gasteiger charge is -2.33. The highest BCUT2D eigenvalue weighted by atomic mass is 35.5. The van der Waals surface area contributed by atoms with E-state index in [2.05, 4.69) is 27.2 Å². The summed E-state index contributed by atoms with van der Waals surface area (Å²) in [6, 6.07) is 7.35. The van der Waals surface area contributed by atoms with E-state index in [0.717, 1.165) is 31.7 Å². The van der Waals surface area contributed by atoms with Gasteiger partial charge in [0.2, 0.25) is 5.96 Å². The number of hydrogen-bond acceptors (Lipinski definition) is 4. The third-order valence-electron chi connectivity index (χ3n) is 3.67. The molecule has 0 unspecified atom stereocenters. The number of carbonyl (C=O) groups excluding carboxylic acids is 1. The third kappa shape index (κ3) is 3.80. The number of hydrogen-bond donors (Lipinski definition) is 1. The SMILES string of the molecule is CN1CCN(C2=NC(=O)/C(=C/c3ccc(Cl)cc3)N2)CC1.Cl. The number of guanidine groups is 1. The van der Waals surface area contributed by atoms with Crippen molar-refractivity contribution in [2.45, 2.75) is 0 Å². The van der Waals surface area contributed by atoms with Crippen LogP contribution in [0.5, 0.6) is 0 Å². The van der Waals surface area contributed by atoms with E-state index in [0.29, 0.717) is 16.7 Å². The molecule has 0 aliphatic carbocycles. The van der Waals surface area contributed by atoms with Crippen molar-refractivity contribution >= 4 is 42.0 Å². The van der Waals surface area contributed by atoms with E-state index in [1.54, 1.807) is 18.2 Å². The van der Waals surface area contributed by atoms with Gasteiger partial charge in [-0.15, -0.1) is 12.4 Å². The van der Waals surface area contributed by atoms with Crippen molar-refractivity contribution in [2.24, 2.45) is 4.99 Å². The van der Waals surface area contributed by atoms with Crippen molar-refractivity contribution in [3.63, 3.8) is 0 Å². The summed E-state index contributed by atoms with van der Waals surface area (Å²) in [7, 11) is 2.10. The van der Waals surface area contributed by atoms with Crippen molar-refractivity contribution < 1.29 is 4.79 Å². The fraction of sp³-hybridized carbons (Fsp3) is 0.333. The molecule has 7 heteroatoms. The number of carbonyl (C=O) groups is 1. The van der Waals surface area contributed by atoms with Crippen LogP contribution in [0.15, 0.2) is 35.0 Å². The maximum absolute atomic E-state index is 12.0. The van der Waals surface area contributed by atoms with Crippen LogP contribution >= 0.6 is 24.0 Å². The van der Waals surface area contributed by atoms with Gasteiger partial charge >= 0.3 is 0 Å². The van der Waals surface area contributed by atoms with Crippen LogP contribution in [0.25, 0.3) is 6.08 Å². The van der Waals surface area contributed by atoms with Gasteiger partial charge < -0.3 is 15.1 Å². The van der Waals surface area contributed by atoms with Gasteiger partial charge in [-0.3, -0.25) is 4.79 Å². The van der Waals surface area contributed by atoms with Gasteiger partial charge in [0, 0.05) is 31.2 Å². The number of nitrogens with one attached hydrogen (secondary N) is 1. The molecule has 5 nitrogen and oxygen atoms in total. The summed E-state index contributed by atoms with van der Waals surface area (Å²) >= 11 is 5.86. The number of piperazine rings is 1. The lowest BCUT2D eigenvalue weighted by atomic mass is 10.2. The first-order valence-corrected chi connectivity index (χ1v) is 7.30. The summed E-state index contributed by atoms with van der Waals surface area (Å²) in [5.74, 6) is 0.437. The molecule has 1 N–H and O–H groups in total. The molecule has 0 spiro atoms. The molecule has 1 aromatic carbocycles. The van der Waals surface area contributed by atoms with Gasteiger partial charge in [0.25, 0.3) is 5.91 Å². The molecule has 1 saturated heterocycles. The number of nitrogens with zero attached hydrogens (tertiary/aromatic N) is 3. The van der Waals surface area contributed by atoms with E-state index >= 15 is 0 Å². The highest BCUT2D eigenvalue weighted by Gasteiger charge is 2.26. The summed E-state index contributed by atoms with van der Waals surface area (Å²) in [6.07, 6.45) is 1.80. The lowest BCUT2D eigenvalue weighted by molar-refractivity contribution is -0.114. The molecule has 2 heterocycles. The fourth-order valence-corrected chi connectivity index (χ4v) is 2.48. The molecule has 0 saturated carbocycles. The Morgan fingerprint density at radius 2 is 1.82 bits per heavy atom. The summed E-state index contributed by atoms with van der Waals surface area (Å²) < 4.78 is 0. The Kier molecular flexibility index (Phi) is 5.45. The number of rotatable bonds is 1. The maximum Gasteiger partial charge on any atom is 0.296 e. The van der Waals surface area contributed by atoms with Gasteiger partial charge in [-0.25, -0.2) is 0 Å². The molecule has 1 fully saturated rings. The van der Waals surface area contributed by atoms with Gasteiger partial charge in [0.15, 0.2) is 0 Å². The van der Waals surface area contributed by atoms with E-state index < -0.39 is 0 Å². The molecule has 0 atom stereocenters. The Bertz CT molecular complexity index is 604. The molecular formula is C15H18Cl2N4O. The molecule has 3 rings (SSSR count). The van der Waals surface area contributed by atoms with Crippen LogP contribution in [0.2, 0.25) is 5.02 Å². The predicted molar refractivity (Wildman–Crippen MR) is 91.3 cm³/mol. The Balaban J connectivity index is 0.00000176. The van der Waals surface area contributed by atoms with Crippen LogP contribution in [-0.4, -0.2) is 54.9 Å². The normalized spacial score (nSPS) is 20.6. The van der Waals surface area contributed by atoms with Gasteiger partial charge in [0.05, 0.1) is 0 Å². The van der Waals surface area contributed by atoms with Gasteiger partial charge in [-0.1, -0.05) is 23.7 Å². The molecule has 0 aromatic heterocycles. The summed E-state index contributed by atoms with van der Waals surface area (Å²) in [4.78, 5) is 20.5. The first-order chi connectivity index (χ1) is 10.1. The minimum absolute atomic E-state index is 0.